The second kappa shape index (κ2) is 8.43. The van der Waals surface area contributed by atoms with E-state index in [1.807, 2.05) is 13.8 Å². The van der Waals surface area contributed by atoms with Crippen molar-refractivity contribution in [3.05, 3.63) is 59.1 Å². The zero-order valence-corrected chi connectivity index (χ0v) is 13.2. The Bertz CT molecular complexity index is 646. The molecular formula is C16H15ClF3NO2. The van der Waals surface area contributed by atoms with Crippen LogP contribution in [0.25, 0.3) is 0 Å². The van der Waals surface area contributed by atoms with Crippen molar-refractivity contribution < 1.29 is 22.7 Å². The zero-order chi connectivity index (χ0) is 17.5. The Morgan fingerprint density at radius 2 is 1.70 bits per heavy atom. The number of carbonyl (C=O) groups is 1. The van der Waals surface area contributed by atoms with Crippen LogP contribution in [0.2, 0.25) is 5.02 Å². The van der Waals surface area contributed by atoms with Gasteiger partial charge in [0.2, 0.25) is 0 Å². The molecule has 124 valence electrons. The molecule has 0 bridgehead atoms. The standard InChI is InChI=1S/C14H9ClF3NO2.C2H6/c15-12-7-6-9(8-11(12)14(16,17)18)19-13(20)21-10-4-2-1-3-5-10;1-2/h1-8H,(H,19,20);1-2H3. The smallest absolute Gasteiger partial charge is 0.410 e. The molecule has 0 saturated carbocycles. The van der Waals surface area contributed by atoms with Crippen molar-refractivity contribution in [3.63, 3.8) is 0 Å². The van der Waals surface area contributed by atoms with Crippen LogP contribution in [0.15, 0.2) is 48.5 Å². The summed E-state index contributed by atoms with van der Waals surface area (Å²) < 4.78 is 43.0. The number of rotatable bonds is 2. The lowest BCUT2D eigenvalue weighted by Crippen LogP contribution is -2.17. The molecule has 2 aromatic carbocycles. The van der Waals surface area contributed by atoms with Crippen molar-refractivity contribution in [2.45, 2.75) is 20.0 Å². The lowest BCUT2D eigenvalue weighted by atomic mass is 10.2. The van der Waals surface area contributed by atoms with Crippen LogP contribution in [0.1, 0.15) is 19.4 Å². The summed E-state index contributed by atoms with van der Waals surface area (Å²) in [4.78, 5) is 11.6. The molecule has 0 aromatic heterocycles. The van der Waals surface area contributed by atoms with Gasteiger partial charge in [0, 0.05) is 5.69 Å². The number of carbonyl (C=O) groups excluding carboxylic acids is 1. The van der Waals surface area contributed by atoms with Crippen LogP contribution < -0.4 is 10.1 Å². The summed E-state index contributed by atoms with van der Waals surface area (Å²) in [5, 5.41) is 1.77. The largest absolute Gasteiger partial charge is 0.417 e. The van der Waals surface area contributed by atoms with Gasteiger partial charge >= 0.3 is 12.3 Å². The molecule has 23 heavy (non-hydrogen) atoms. The van der Waals surface area contributed by atoms with E-state index in [9.17, 15) is 18.0 Å². The SMILES string of the molecule is CC.O=C(Nc1ccc(Cl)c(C(F)(F)F)c1)Oc1ccccc1. The molecule has 0 radical (unpaired) electrons. The summed E-state index contributed by atoms with van der Waals surface area (Å²) in [6.45, 7) is 4.00. The maximum Gasteiger partial charge on any atom is 0.417 e. The molecule has 0 heterocycles. The minimum absolute atomic E-state index is 0.0624. The van der Waals surface area contributed by atoms with Crippen LogP contribution in [0, 0.1) is 0 Å². The first-order valence-corrected chi connectivity index (χ1v) is 7.14. The van der Waals surface area contributed by atoms with E-state index in [2.05, 4.69) is 5.32 Å². The summed E-state index contributed by atoms with van der Waals surface area (Å²) in [6.07, 6.45) is -5.49. The van der Waals surface area contributed by atoms with Gasteiger partial charge < -0.3 is 4.74 Å². The normalized spacial score (nSPS) is 10.3. The number of ether oxygens (including phenoxy) is 1. The lowest BCUT2D eigenvalue weighted by Gasteiger charge is -2.11. The minimum atomic E-state index is -4.60. The first-order chi connectivity index (χ1) is 10.9. The van der Waals surface area contributed by atoms with E-state index in [1.165, 1.54) is 6.07 Å². The molecule has 0 aliphatic heterocycles. The second-order valence-electron chi connectivity index (χ2n) is 4.02. The summed E-state index contributed by atoms with van der Waals surface area (Å²) in [6, 6.07) is 11.2. The van der Waals surface area contributed by atoms with Crippen molar-refractivity contribution >= 4 is 23.4 Å². The number of halogens is 4. The third kappa shape index (κ3) is 5.83. The van der Waals surface area contributed by atoms with Crippen LogP contribution in [0.4, 0.5) is 23.7 Å². The van der Waals surface area contributed by atoms with Crippen LogP contribution >= 0.6 is 11.6 Å². The van der Waals surface area contributed by atoms with Gasteiger partial charge in [0.1, 0.15) is 5.75 Å². The van der Waals surface area contributed by atoms with Gasteiger partial charge in [-0.2, -0.15) is 13.2 Å². The lowest BCUT2D eigenvalue weighted by molar-refractivity contribution is -0.137. The summed E-state index contributed by atoms with van der Waals surface area (Å²) in [5.41, 5.74) is -1.09. The summed E-state index contributed by atoms with van der Waals surface area (Å²) >= 11 is 5.48. The molecule has 2 aromatic rings. The van der Waals surface area contributed by atoms with E-state index >= 15 is 0 Å². The van der Waals surface area contributed by atoms with E-state index in [4.69, 9.17) is 16.3 Å². The molecule has 0 fully saturated rings. The Balaban J connectivity index is 0.00000127. The fourth-order valence-electron chi connectivity index (χ4n) is 1.56. The maximum absolute atomic E-state index is 12.7. The quantitative estimate of drug-likeness (QED) is 0.725. The third-order valence-electron chi connectivity index (χ3n) is 2.47. The van der Waals surface area contributed by atoms with Crippen molar-refractivity contribution in [2.24, 2.45) is 0 Å². The van der Waals surface area contributed by atoms with Gasteiger partial charge in [-0.25, -0.2) is 4.79 Å². The number of nitrogens with one attached hydrogen (secondary N) is 1. The van der Waals surface area contributed by atoms with E-state index in [0.717, 1.165) is 12.1 Å². The van der Waals surface area contributed by atoms with Gasteiger partial charge in [-0.3, -0.25) is 5.32 Å². The highest BCUT2D eigenvalue weighted by Crippen LogP contribution is 2.36. The Morgan fingerprint density at radius 3 is 2.26 bits per heavy atom. The number of hydrogen-bond acceptors (Lipinski definition) is 2. The minimum Gasteiger partial charge on any atom is -0.410 e. The summed E-state index contributed by atoms with van der Waals surface area (Å²) in [7, 11) is 0. The van der Waals surface area contributed by atoms with Crippen molar-refractivity contribution in [1.82, 2.24) is 0 Å². The van der Waals surface area contributed by atoms with E-state index in [1.54, 1.807) is 30.3 Å². The third-order valence-corrected chi connectivity index (χ3v) is 2.80. The average molecular weight is 346 g/mol. The molecule has 3 nitrogen and oxygen atoms in total. The van der Waals surface area contributed by atoms with E-state index in [-0.39, 0.29) is 11.4 Å². The molecule has 1 N–H and O–H groups in total. The van der Waals surface area contributed by atoms with Gasteiger partial charge in [-0.15, -0.1) is 0 Å². The highest BCUT2D eigenvalue weighted by Gasteiger charge is 2.33. The molecule has 0 aliphatic carbocycles. The fourth-order valence-corrected chi connectivity index (χ4v) is 1.78. The molecule has 7 heteroatoms. The Kier molecular flexibility index (Phi) is 6.90. The van der Waals surface area contributed by atoms with Crippen LogP contribution in [0.5, 0.6) is 5.75 Å². The molecule has 0 unspecified atom stereocenters. The van der Waals surface area contributed by atoms with Gasteiger partial charge in [0.25, 0.3) is 0 Å². The molecular weight excluding hydrogens is 331 g/mol. The predicted molar refractivity (Wildman–Crippen MR) is 83.9 cm³/mol. The highest BCUT2D eigenvalue weighted by atomic mass is 35.5. The Morgan fingerprint density at radius 1 is 1.09 bits per heavy atom. The molecule has 0 atom stereocenters. The summed E-state index contributed by atoms with van der Waals surface area (Å²) in [5.74, 6) is 0.278. The van der Waals surface area contributed by atoms with E-state index < -0.39 is 22.9 Å². The van der Waals surface area contributed by atoms with Gasteiger partial charge in [0.15, 0.2) is 0 Å². The first-order valence-electron chi connectivity index (χ1n) is 6.77. The van der Waals surface area contributed by atoms with Gasteiger partial charge in [-0.1, -0.05) is 43.6 Å². The molecule has 1 amide bonds. The monoisotopic (exact) mass is 345 g/mol. The molecule has 0 spiro atoms. The first kappa shape index (κ1) is 18.8. The number of para-hydroxylation sites is 1. The Labute approximate surface area is 137 Å². The maximum atomic E-state index is 12.7. The van der Waals surface area contributed by atoms with Crippen molar-refractivity contribution in [1.29, 1.82) is 0 Å². The fraction of sp³-hybridized carbons (Fsp3) is 0.188. The van der Waals surface area contributed by atoms with Crippen molar-refractivity contribution in [3.8, 4) is 5.75 Å². The number of benzene rings is 2. The van der Waals surface area contributed by atoms with Gasteiger partial charge in [0.05, 0.1) is 10.6 Å². The molecule has 0 saturated heterocycles. The molecule has 0 aliphatic rings. The van der Waals surface area contributed by atoms with Crippen LogP contribution in [-0.2, 0) is 6.18 Å². The van der Waals surface area contributed by atoms with Crippen LogP contribution in [-0.4, -0.2) is 6.09 Å². The van der Waals surface area contributed by atoms with E-state index in [0.29, 0.717) is 0 Å². The highest BCUT2D eigenvalue weighted by molar-refractivity contribution is 6.31. The second-order valence-corrected chi connectivity index (χ2v) is 4.43. The zero-order valence-electron chi connectivity index (χ0n) is 12.4. The number of amides is 1. The predicted octanol–water partition coefficient (Wildman–Crippen LogP) is 6.00. The number of hydrogen-bond donors (Lipinski definition) is 1. The Hall–Kier alpha value is -2.21. The van der Waals surface area contributed by atoms with Gasteiger partial charge in [-0.05, 0) is 30.3 Å². The number of anilines is 1. The molecule has 2 rings (SSSR count). The van der Waals surface area contributed by atoms with Crippen LogP contribution in [0.3, 0.4) is 0 Å². The van der Waals surface area contributed by atoms with Crippen molar-refractivity contribution in [2.75, 3.05) is 5.32 Å². The average Bonchev–Trinajstić information content (AvgIpc) is 2.51. The number of alkyl halides is 3. The topological polar surface area (TPSA) is 38.3 Å².